The van der Waals surface area contributed by atoms with Gasteiger partial charge in [-0.3, -0.25) is 9.59 Å². The van der Waals surface area contributed by atoms with Crippen molar-refractivity contribution < 1.29 is 22.8 Å². The molecular formula is C33H39F3N6O2. The van der Waals surface area contributed by atoms with E-state index in [0.29, 0.717) is 36.4 Å². The van der Waals surface area contributed by atoms with E-state index in [-0.39, 0.29) is 17.9 Å². The van der Waals surface area contributed by atoms with Crippen molar-refractivity contribution in [2.75, 3.05) is 46.3 Å². The number of piperidine rings is 2. The van der Waals surface area contributed by atoms with E-state index >= 15 is 0 Å². The van der Waals surface area contributed by atoms with E-state index in [1.54, 1.807) is 4.52 Å². The number of fused-ring (bicyclic) bond motifs is 1. The summed E-state index contributed by atoms with van der Waals surface area (Å²) < 4.78 is 39.3. The minimum Gasteiger partial charge on any atom is -0.339 e. The quantitative estimate of drug-likeness (QED) is 0.384. The van der Waals surface area contributed by atoms with Gasteiger partial charge in [-0.1, -0.05) is 18.2 Å². The molecule has 2 saturated heterocycles. The van der Waals surface area contributed by atoms with Gasteiger partial charge in [0.25, 0.3) is 5.91 Å². The van der Waals surface area contributed by atoms with Crippen LogP contribution in [0, 0.1) is 5.41 Å². The Hall–Kier alpha value is -3.73. The standard InChI is InChI=1S/C33H39F3N6O2/c1-39-16-3-13-32(22-39)14-4-17-41(23-32)31(44)26-8-6-24(7-9-26)21-28-37-30-27(5-2-18-42(30)38-28)25-11-19-40(20-12-25)29(43)10-15-33(34,35)36/h2,5-9,11,18H,3-4,10,12-17,19-23H2,1H3. The molecule has 2 fully saturated rings. The number of aromatic nitrogens is 3. The molecule has 1 unspecified atom stereocenters. The lowest BCUT2D eigenvalue weighted by atomic mass is 9.74. The molecule has 234 valence electrons. The number of amides is 2. The minimum absolute atomic E-state index is 0.0979. The van der Waals surface area contributed by atoms with Gasteiger partial charge in [0.1, 0.15) is 0 Å². The van der Waals surface area contributed by atoms with Gasteiger partial charge in [-0.15, -0.1) is 0 Å². The molecule has 6 rings (SSSR count). The molecule has 0 aliphatic carbocycles. The summed E-state index contributed by atoms with van der Waals surface area (Å²) in [4.78, 5) is 36.4. The van der Waals surface area contributed by atoms with Crippen LogP contribution < -0.4 is 0 Å². The number of benzene rings is 1. The molecule has 8 nitrogen and oxygen atoms in total. The van der Waals surface area contributed by atoms with Gasteiger partial charge in [0.2, 0.25) is 5.91 Å². The number of likely N-dealkylation sites (tertiary alicyclic amines) is 2. The van der Waals surface area contributed by atoms with Crippen LogP contribution in [0.4, 0.5) is 13.2 Å². The van der Waals surface area contributed by atoms with Gasteiger partial charge in [-0.25, -0.2) is 9.50 Å². The number of hydrogen-bond acceptors (Lipinski definition) is 5. The van der Waals surface area contributed by atoms with Gasteiger partial charge in [-0.2, -0.15) is 18.3 Å². The highest BCUT2D eigenvalue weighted by Crippen LogP contribution is 2.38. The Morgan fingerprint density at radius 2 is 1.75 bits per heavy atom. The van der Waals surface area contributed by atoms with Gasteiger partial charge in [-0.05, 0) is 81.1 Å². The number of rotatable bonds is 6. The number of nitrogens with zero attached hydrogens (tertiary/aromatic N) is 6. The van der Waals surface area contributed by atoms with Gasteiger partial charge < -0.3 is 14.7 Å². The van der Waals surface area contributed by atoms with E-state index in [4.69, 9.17) is 4.98 Å². The molecule has 0 N–H and O–H groups in total. The van der Waals surface area contributed by atoms with Crippen LogP contribution in [0.15, 0.2) is 48.7 Å². The summed E-state index contributed by atoms with van der Waals surface area (Å²) in [5, 5.41) is 4.67. The molecule has 1 aromatic carbocycles. The largest absolute Gasteiger partial charge is 0.389 e. The maximum Gasteiger partial charge on any atom is 0.389 e. The van der Waals surface area contributed by atoms with Gasteiger partial charge >= 0.3 is 6.18 Å². The first-order valence-electron chi connectivity index (χ1n) is 15.5. The van der Waals surface area contributed by atoms with Gasteiger partial charge in [0.05, 0.1) is 6.42 Å². The van der Waals surface area contributed by atoms with E-state index in [1.165, 1.54) is 24.2 Å². The third-order valence-corrected chi connectivity index (χ3v) is 9.30. The summed E-state index contributed by atoms with van der Waals surface area (Å²) in [5.41, 5.74) is 4.53. The molecule has 0 bridgehead atoms. The Morgan fingerprint density at radius 1 is 0.977 bits per heavy atom. The Kier molecular flexibility index (Phi) is 8.50. The molecule has 3 aliphatic heterocycles. The SMILES string of the molecule is CN1CCCC2(CCCN(C(=O)c3ccc(Cc4nc5c(C6=CCN(C(=O)CCC(F)(F)F)CC6)cccn5n4)cc3)C2)C1. The third-order valence-electron chi connectivity index (χ3n) is 9.30. The smallest absolute Gasteiger partial charge is 0.339 e. The zero-order chi connectivity index (χ0) is 30.9. The summed E-state index contributed by atoms with van der Waals surface area (Å²) in [7, 11) is 2.18. The van der Waals surface area contributed by atoms with E-state index in [1.807, 2.05) is 53.6 Å². The second-order valence-corrected chi connectivity index (χ2v) is 12.7. The molecule has 3 aliphatic rings. The van der Waals surface area contributed by atoms with Crippen molar-refractivity contribution in [1.29, 1.82) is 0 Å². The van der Waals surface area contributed by atoms with Gasteiger partial charge in [0, 0.05) is 68.3 Å². The molecule has 1 atom stereocenters. The van der Waals surface area contributed by atoms with E-state index in [2.05, 4.69) is 17.0 Å². The Balaban J connectivity index is 1.10. The number of alkyl halides is 3. The van der Waals surface area contributed by atoms with Crippen molar-refractivity contribution in [2.45, 2.75) is 57.5 Å². The fourth-order valence-corrected chi connectivity index (χ4v) is 7.12. The maximum absolute atomic E-state index is 13.4. The average Bonchev–Trinajstić information content (AvgIpc) is 3.42. The van der Waals surface area contributed by atoms with Crippen LogP contribution in [-0.4, -0.2) is 93.6 Å². The van der Waals surface area contributed by atoms with Crippen LogP contribution in [0.25, 0.3) is 11.2 Å². The fourth-order valence-electron chi connectivity index (χ4n) is 7.12. The highest BCUT2D eigenvalue weighted by Gasteiger charge is 2.39. The van der Waals surface area contributed by atoms with Crippen molar-refractivity contribution in [3.05, 3.63) is 71.2 Å². The predicted octanol–water partition coefficient (Wildman–Crippen LogP) is 5.23. The van der Waals surface area contributed by atoms with E-state index in [9.17, 15) is 22.8 Å². The lowest BCUT2D eigenvalue weighted by Gasteiger charge is -2.47. The summed E-state index contributed by atoms with van der Waals surface area (Å²) in [5.74, 6) is 0.266. The summed E-state index contributed by atoms with van der Waals surface area (Å²) in [6.45, 7) is 4.47. The number of carbonyl (C=O) groups is 2. The molecule has 2 aromatic heterocycles. The van der Waals surface area contributed by atoms with Crippen LogP contribution in [0.3, 0.4) is 0 Å². The molecule has 3 aromatic rings. The first-order chi connectivity index (χ1) is 21.1. The highest BCUT2D eigenvalue weighted by atomic mass is 19.4. The number of halogens is 3. The Labute approximate surface area is 255 Å². The van der Waals surface area contributed by atoms with Crippen molar-refractivity contribution in [3.63, 3.8) is 0 Å². The molecule has 1 spiro atoms. The number of carbonyl (C=O) groups excluding carboxylic acids is 2. The van der Waals surface area contributed by atoms with Crippen molar-refractivity contribution in [3.8, 4) is 0 Å². The predicted molar refractivity (Wildman–Crippen MR) is 161 cm³/mol. The maximum atomic E-state index is 13.4. The van der Waals surface area contributed by atoms with Crippen molar-refractivity contribution >= 4 is 23.0 Å². The van der Waals surface area contributed by atoms with Crippen LogP contribution in [0.1, 0.15) is 72.3 Å². The van der Waals surface area contributed by atoms with Gasteiger partial charge in [0.15, 0.2) is 11.5 Å². The van der Waals surface area contributed by atoms with Crippen LogP contribution in [0.2, 0.25) is 0 Å². The average molecular weight is 609 g/mol. The zero-order valence-electron chi connectivity index (χ0n) is 25.2. The molecular weight excluding hydrogens is 569 g/mol. The Bertz CT molecular complexity index is 1550. The van der Waals surface area contributed by atoms with Crippen LogP contribution in [0.5, 0.6) is 0 Å². The summed E-state index contributed by atoms with van der Waals surface area (Å²) >= 11 is 0. The lowest BCUT2D eigenvalue weighted by Crippen LogP contribution is -2.52. The molecule has 0 radical (unpaired) electrons. The molecule has 11 heteroatoms. The van der Waals surface area contributed by atoms with Crippen LogP contribution >= 0.6 is 0 Å². The summed E-state index contributed by atoms with van der Waals surface area (Å²) in [6.07, 6.45) is 3.43. The highest BCUT2D eigenvalue weighted by molar-refractivity contribution is 5.94. The third kappa shape index (κ3) is 6.82. The normalized spacial score (nSPS) is 21.6. The topological polar surface area (TPSA) is 74.0 Å². The Morgan fingerprint density at radius 3 is 2.45 bits per heavy atom. The second kappa shape index (κ2) is 12.3. The monoisotopic (exact) mass is 608 g/mol. The summed E-state index contributed by atoms with van der Waals surface area (Å²) in [6, 6.07) is 11.6. The van der Waals surface area contributed by atoms with Crippen LogP contribution in [-0.2, 0) is 11.2 Å². The first-order valence-corrected chi connectivity index (χ1v) is 15.5. The molecule has 0 saturated carbocycles. The molecule has 2 amide bonds. The van der Waals surface area contributed by atoms with E-state index in [0.717, 1.165) is 49.3 Å². The first kappa shape index (κ1) is 30.3. The fraction of sp³-hybridized carbons (Fsp3) is 0.515. The lowest BCUT2D eigenvalue weighted by molar-refractivity contribution is -0.148. The number of hydrogen-bond donors (Lipinski definition) is 0. The second-order valence-electron chi connectivity index (χ2n) is 12.7. The number of pyridine rings is 1. The molecule has 5 heterocycles. The zero-order valence-corrected chi connectivity index (χ0v) is 25.2. The van der Waals surface area contributed by atoms with Crippen molar-refractivity contribution in [2.24, 2.45) is 5.41 Å². The van der Waals surface area contributed by atoms with Crippen molar-refractivity contribution in [1.82, 2.24) is 29.3 Å². The minimum atomic E-state index is -4.34. The van der Waals surface area contributed by atoms with E-state index < -0.39 is 24.9 Å². The molecule has 44 heavy (non-hydrogen) atoms.